The number of aromatic carboxylic acids is 1. The van der Waals surface area contributed by atoms with Gasteiger partial charge in [-0.15, -0.1) is 11.8 Å². The Morgan fingerprint density at radius 1 is 1.41 bits per heavy atom. The van der Waals surface area contributed by atoms with Crippen molar-refractivity contribution in [1.82, 2.24) is 4.98 Å². The van der Waals surface area contributed by atoms with E-state index in [2.05, 4.69) is 10.3 Å². The smallest absolute Gasteiger partial charge is 0.353 e. The number of rotatable bonds is 1. The molecule has 1 aromatic heterocycles. The van der Waals surface area contributed by atoms with E-state index in [9.17, 15) is 9.59 Å². The lowest BCUT2D eigenvalue weighted by Gasteiger charge is -2.31. The highest BCUT2D eigenvalue weighted by molar-refractivity contribution is 8.01. The maximum atomic E-state index is 12.1. The minimum Gasteiger partial charge on any atom is -0.477 e. The molecule has 0 atom stereocenters. The van der Waals surface area contributed by atoms with Crippen LogP contribution >= 0.6 is 11.8 Å². The van der Waals surface area contributed by atoms with Crippen molar-refractivity contribution in [3.63, 3.8) is 0 Å². The van der Waals surface area contributed by atoms with Gasteiger partial charge in [0, 0.05) is 6.20 Å². The second-order valence-electron chi connectivity index (χ2n) is 4.47. The summed E-state index contributed by atoms with van der Waals surface area (Å²) in [4.78, 5) is 26.5. The number of hydrogen-bond acceptors (Lipinski definition) is 3. The summed E-state index contributed by atoms with van der Waals surface area (Å²) >= 11 is 1.41. The molecular formula is C11H12N2O3S. The highest BCUT2D eigenvalue weighted by atomic mass is 32.2. The number of H-pyrrole nitrogens is 1. The van der Waals surface area contributed by atoms with Gasteiger partial charge in [0.1, 0.15) is 5.69 Å². The summed E-state index contributed by atoms with van der Waals surface area (Å²) in [5.74, 6) is -0.966. The van der Waals surface area contributed by atoms with E-state index in [1.807, 2.05) is 0 Å². The quantitative estimate of drug-likeness (QED) is 0.714. The van der Waals surface area contributed by atoms with Gasteiger partial charge in [-0.25, -0.2) is 4.79 Å². The molecule has 1 aliphatic carbocycles. The normalized spacial score (nSPS) is 21.3. The van der Waals surface area contributed by atoms with Crippen molar-refractivity contribution in [1.29, 1.82) is 0 Å². The predicted octanol–water partition coefficient (Wildman–Crippen LogP) is 2.07. The van der Waals surface area contributed by atoms with Crippen LogP contribution in [-0.2, 0) is 4.79 Å². The molecule has 1 aliphatic heterocycles. The fourth-order valence-electron chi connectivity index (χ4n) is 2.52. The molecule has 1 saturated carbocycles. The lowest BCUT2D eigenvalue weighted by Crippen LogP contribution is -2.40. The average Bonchev–Trinajstić information content (AvgIpc) is 2.87. The Bertz CT molecular complexity index is 503. The third kappa shape index (κ3) is 1.47. The molecule has 0 bridgehead atoms. The Kier molecular flexibility index (Phi) is 2.22. The van der Waals surface area contributed by atoms with Crippen molar-refractivity contribution in [2.75, 3.05) is 5.32 Å². The minimum absolute atomic E-state index is 0.0171. The van der Waals surface area contributed by atoms with E-state index in [1.165, 1.54) is 11.8 Å². The molecule has 1 spiro atoms. The molecule has 2 heterocycles. The molecule has 17 heavy (non-hydrogen) atoms. The second kappa shape index (κ2) is 3.53. The number of carboxylic acid groups (broad SMARTS) is 1. The van der Waals surface area contributed by atoms with Crippen LogP contribution in [0, 0.1) is 0 Å². The Balaban J connectivity index is 2.04. The van der Waals surface area contributed by atoms with Crippen LogP contribution in [0.1, 0.15) is 36.2 Å². The summed E-state index contributed by atoms with van der Waals surface area (Å²) in [5, 5.41) is 11.9. The zero-order chi connectivity index (χ0) is 12.0. The van der Waals surface area contributed by atoms with Crippen LogP contribution < -0.4 is 5.32 Å². The number of carbonyl (C=O) groups excluding carboxylic acids is 1. The minimum atomic E-state index is -0.983. The molecule has 2 aliphatic rings. The van der Waals surface area contributed by atoms with Gasteiger partial charge in [0.15, 0.2) is 0 Å². The maximum absolute atomic E-state index is 12.1. The molecule has 1 amide bonds. The Morgan fingerprint density at radius 3 is 2.76 bits per heavy atom. The van der Waals surface area contributed by atoms with Crippen molar-refractivity contribution in [3.8, 4) is 0 Å². The summed E-state index contributed by atoms with van der Waals surface area (Å²) in [6, 6.07) is 0. The summed E-state index contributed by atoms with van der Waals surface area (Å²) in [7, 11) is 0. The number of carbonyl (C=O) groups is 2. The number of thioether (sulfide) groups is 1. The summed E-state index contributed by atoms with van der Waals surface area (Å²) in [5.41, 5.74) is 0.770. The van der Waals surface area contributed by atoms with Gasteiger partial charge in [0.05, 0.1) is 15.3 Å². The first-order valence-corrected chi connectivity index (χ1v) is 6.39. The lowest BCUT2D eigenvalue weighted by atomic mass is 10.1. The molecule has 1 aromatic rings. The topological polar surface area (TPSA) is 82.2 Å². The predicted molar refractivity (Wildman–Crippen MR) is 63.4 cm³/mol. The Labute approximate surface area is 102 Å². The molecule has 0 aromatic carbocycles. The molecule has 3 rings (SSSR count). The van der Waals surface area contributed by atoms with E-state index >= 15 is 0 Å². The Hall–Kier alpha value is -1.43. The molecule has 6 heteroatoms. The molecule has 90 valence electrons. The standard InChI is InChI=1S/C11H12N2O3S/c14-9(15)7-8-6(5-12-7)13-10(16)11(17-8)3-1-2-4-11/h5,12H,1-4H2,(H,13,16)(H,14,15). The number of anilines is 1. The van der Waals surface area contributed by atoms with Gasteiger partial charge in [0.2, 0.25) is 5.91 Å². The van der Waals surface area contributed by atoms with E-state index < -0.39 is 10.7 Å². The van der Waals surface area contributed by atoms with Gasteiger partial charge in [-0.2, -0.15) is 0 Å². The fraction of sp³-hybridized carbons (Fsp3) is 0.455. The zero-order valence-electron chi connectivity index (χ0n) is 9.08. The van der Waals surface area contributed by atoms with Crippen molar-refractivity contribution in [2.24, 2.45) is 0 Å². The number of aromatic nitrogens is 1. The van der Waals surface area contributed by atoms with Crippen LogP contribution in [-0.4, -0.2) is 26.7 Å². The number of aromatic amines is 1. The summed E-state index contributed by atoms with van der Waals surface area (Å²) in [6.45, 7) is 0. The molecule has 5 nitrogen and oxygen atoms in total. The van der Waals surface area contributed by atoms with Gasteiger partial charge in [-0.05, 0) is 12.8 Å². The maximum Gasteiger partial charge on any atom is 0.353 e. The molecular weight excluding hydrogens is 240 g/mol. The van der Waals surface area contributed by atoms with Crippen LogP contribution in [0.15, 0.2) is 11.1 Å². The molecule has 0 saturated heterocycles. The molecule has 0 radical (unpaired) electrons. The van der Waals surface area contributed by atoms with E-state index in [-0.39, 0.29) is 11.6 Å². The van der Waals surface area contributed by atoms with Crippen LogP contribution in [0.5, 0.6) is 0 Å². The van der Waals surface area contributed by atoms with Crippen molar-refractivity contribution in [3.05, 3.63) is 11.9 Å². The van der Waals surface area contributed by atoms with Gasteiger partial charge in [-0.3, -0.25) is 4.79 Å². The third-order valence-electron chi connectivity index (χ3n) is 3.42. The van der Waals surface area contributed by atoms with E-state index in [0.717, 1.165) is 25.7 Å². The average molecular weight is 252 g/mol. The SMILES string of the molecule is O=C(O)c1[nH]cc2c1SC1(CCCC1)C(=O)N2. The van der Waals surface area contributed by atoms with Gasteiger partial charge in [0.25, 0.3) is 0 Å². The lowest BCUT2D eigenvalue weighted by molar-refractivity contribution is -0.118. The van der Waals surface area contributed by atoms with Crippen LogP contribution in [0.3, 0.4) is 0 Å². The molecule has 3 N–H and O–H groups in total. The van der Waals surface area contributed by atoms with Crippen molar-refractivity contribution in [2.45, 2.75) is 35.3 Å². The molecule has 1 fully saturated rings. The van der Waals surface area contributed by atoms with Crippen LogP contribution in [0.4, 0.5) is 5.69 Å². The number of nitrogens with one attached hydrogen (secondary N) is 2. The first-order valence-electron chi connectivity index (χ1n) is 5.57. The number of fused-ring (bicyclic) bond motifs is 1. The van der Waals surface area contributed by atoms with Crippen molar-refractivity contribution >= 4 is 29.3 Å². The van der Waals surface area contributed by atoms with Gasteiger partial charge < -0.3 is 15.4 Å². The number of carboxylic acids is 1. The van der Waals surface area contributed by atoms with Gasteiger partial charge in [-0.1, -0.05) is 12.8 Å². The number of amides is 1. The first-order chi connectivity index (χ1) is 8.12. The van der Waals surface area contributed by atoms with Gasteiger partial charge >= 0.3 is 5.97 Å². The van der Waals surface area contributed by atoms with Crippen molar-refractivity contribution < 1.29 is 14.7 Å². The van der Waals surface area contributed by atoms with E-state index in [1.54, 1.807) is 6.20 Å². The van der Waals surface area contributed by atoms with E-state index in [4.69, 9.17) is 5.11 Å². The number of hydrogen-bond donors (Lipinski definition) is 3. The van der Waals surface area contributed by atoms with Crippen LogP contribution in [0.2, 0.25) is 0 Å². The molecule has 0 unspecified atom stereocenters. The highest BCUT2D eigenvalue weighted by Crippen LogP contribution is 2.51. The van der Waals surface area contributed by atoms with E-state index in [0.29, 0.717) is 10.6 Å². The summed E-state index contributed by atoms with van der Waals surface area (Å²) in [6.07, 6.45) is 5.26. The second-order valence-corrected chi connectivity index (χ2v) is 5.86. The summed E-state index contributed by atoms with van der Waals surface area (Å²) < 4.78 is -0.445. The monoisotopic (exact) mass is 252 g/mol. The highest BCUT2D eigenvalue weighted by Gasteiger charge is 2.46. The fourth-order valence-corrected chi connectivity index (χ4v) is 4.02. The zero-order valence-corrected chi connectivity index (χ0v) is 9.89. The van der Waals surface area contributed by atoms with Crippen LogP contribution in [0.25, 0.3) is 0 Å². The first kappa shape index (κ1) is 10.7. The third-order valence-corrected chi connectivity index (χ3v) is 5.03. The largest absolute Gasteiger partial charge is 0.477 e. The Morgan fingerprint density at radius 2 is 2.12 bits per heavy atom.